The Balaban J connectivity index is 1.52. The molecule has 3 rings (SSSR count). The summed E-state index contributed by atoms with van der Waals surface area (Å²) >= 11 is 0. The minimum absolute atomic E-state index is 0.0945. The lowest BCUT2D eigenvalue weighted by Gasteiger charge is -2.32. The number of hydrogen-bond donors (Lipinski definition) is 1. The molecule has 0 radical (unpaired) electrons. The normalized spacial score (nSPS) is 15.4. The molecule has 1 aromatic carbocycles. The highest BCUT2D eigenvalue weighted by atomic mass is 16.5. The minimum atomic E-state index is -0.988. The predicted octanol–water partition coefficient (Wildman–Crippen LogP) is 3.08. The quantitative estimate of drug-likeness (QED) is 0.919. The van der Waals surface area contributed by atoms with Gasteiger partial charge in [0.2, 0.25) is 0 Å². The van der Waals surface area contributed by atoms with Crippen molar-refractivity contribution >= 4 is 11.8 Å². The van der Waals surface area contributed by atoms with Gasteiger partial charge in [-0.25, -0.2) is 9.78 Å². The Labute approximate surface area is 135 Å². The largest absolute Gasteiger partial charge is 0.493 e. The van der Waals surface area contributed by atoms with E-state index in [0.29, 0.717) is 5.92 Å². The molecule has 5 nitrogen and oxygen atoms in total. The third-order valence-corrected chi connectivity index (χ3v) is 4.12. The maximum atomic E-state index is 11.0. The molecule has 1 saturated heterocycles. The molecule has 0 unspecified atom stereocenters. The topological polar surface area (TPSA) is 62.7 Å². The fraction of sp³-hybridized carbons (Fsp3) is 0.333. The van der Waals surface area contributed by atoms with Crippen molar-refractivity contribution in [3.05, 3.63) is 54.2 Å². The van der Waals surface area contributed by atoms with Crippen LogP contribution in [0.2, 0.25) is 0 Å². The molecule has 1 aliphatic rings. The summed E-state index contributed by atoms with van der Waals surface area (Å²) in [5.74, 6) is 1.19. The van der Waals surface area contributed by atoms with Crippen molar-refractivity contribution in [1.82, 2.24) is 4.98 Å². The predicted molar refractivity (Wildman–Crippen MR) is 88.1 cm³/mol. The first-order chi connectivity index (χ1) is 11.2. The average molecular weight is 312 g/mol. The van der Waals surface area contributed by atoms with Gasteiger partial charge in [0, 0.05) is 13.1 Å². The number of pyridine rings is 1. The van der Waals surface area contributed by atoms with Crippen LogP contribution >= 0.6 is 0 Å². The Kier molecular flexibility index (Phi) is 4.76. The molecule has 0 saturated carbocycles. The Morgan fingerprint density at radius 1 is 1.13 bits per heavy atom. The molecule has 2 aromatic rings. The number of carboxylic acid groups (broad SMARTS) is 1. The van der Waals surface area contributed by atoms with Crippen molar-refractivity contribution in [3.8, 4) is 5.75 Å². The summed E-state index contributed by atoms with van der Waals surface area (Å²) in [6.07, 6.45) is 2.04. The van der Waals surface area contributed by atoms with Crippen LogP contribution in [-0.2, 0) is 0 Å². The Hall–Kier alpha value is -2.56. The number of rotatable bonds is 5. The van der Waals surface area contributed by atoms with Gasteiger partial charge in [0.15, 0.2) is 5.69 Å². The minimum Gasteiger partial charge on any atom is -0.493 e. The van der Waals surface area contributed by atoms with Crippen LogP contribution in [0.25, 0.3) is 0 Å². The second kappa shape index (κ2) is 7.13. The zero-order valence-electron chi connectivity index (χ0n) is 12.9. The van der Waals surface area contributed by atoms with Crippen LogP contribution in [-0.4, -0.2) is 35.8 Å². The van der Waals surface area contributed by atoms with Crippen LogP contribution < -0.4 is 9.64 Å². The van der Waals surface area contributed by atoms with Crippen LogP contribution in [0.4, 0.5) is 5.82 Å². The Morgan fingerprint density at radius 2 is 1.87 bits per heavy atom. The zero-order chi connectivity index (χ0) is 16.1. The molecule has 0 atom stereocenters. The molecule has 1 N–H and O–H groups in total. The molecule has 120 valence electrons. The molecular formula is C18H20N2O3. The first kappa shape index (κ1) is 15.3. The summed E-state index contributed by atoms with van der Waals surface area (Å²) in [5.41, 5.74) is 0.0945. The molecule has 0 aliphatic carbocycles. The second-order valence-corrected chi connectivity index (χ2v) is 5.74. The standard InChI is InChI=1S/C18H20N2O3/c21-18(22)16-7-4-8-17(19-16)20-11-9-14(10-12-20)13-23-15-5-2-1-3-6-15/h1-8,14H,9-13H2,(H,21,22). The van der Waals surface area contributed by atoms with Gasteiger partial charge in [0.05, 0.1) is 6.61 Å². The SMILES string of the molecule is O=C(O)c1cccc(N2CCC(COc3ccccc3)CC2)n1. The number of benzene rings is 1. The van der Waals surface area contributed by atoms with Crippen molar-refractivity contribution < 1.29 is 14.6 Å². The van der Waals surface area contributed by atoms with Crippen LogP contribution in [0.15, 0.2) is 48.5 Å². The van der Waals surface area contributed by atoms with Gasteiger partial charge < -0.3 is 14.7 Å². The van der Waals surface area contributed by atoms with Crippen LogP contribution in [0.3, 0.4) is 0 Å². The van der Waals surface area contributed by atoms with E-state index in [1.807, 2.05) is 36.4 Å². The van der Waals surface area contributed by atoms with E-state index in [9.17, 15) is 4.79 Å². The molecule has 0 spiro atoms. The summed E-state index contributed by atoms with van der Waals surface area (Å²) in [6, 6.07) is 15.0. The van der Waals surface area contributed by atoms with Gasteiger partial charge in [0.25, 0.3) is 0 Å². The fourth-order valence-electron chi connectivity index (χ4n) is 2.78. The summed E-state index contributed by atoms with van der Waals surface area (Å²) < 4.78 is 5.83. The van der Waals surface area contributed by atoms with Crippen LogP contribution in [0.5, 0.6) is 5.75 Å². The first-order valence-corrected chi connectivity index (χ1v) is 7.85. The van der Waals surface area contributed by atoms with Gasteiger partial charge in [-0.2, -0.15) is 0 Å². The second-order valence-electron chi connectivity index (χ2n) is 5.74. The lowest BCUT2D eigenvalue weighted by Crippen LogP contribution is -2.36. The van der Waals surface area contributed by atoms with E-state index < -0.39 is 5.97 Å². The Bertz CT molecular complexity index is 652. The zero-order valence-corrected chi connectivity index (χ0v) is 12.9. The highest BCUT2D eigenvalue weighted by Gasteiger charge is 2.21. The lowest BCUT2D eigenvalue weighted by molar-refractivity contribution is 0.0690. The average Bonchev–Trinajstić information content (AvgIpc) is 2.61. The highest BCUT2D eigenvalue weighted by Crippen LogP contribution is 2.23. The van der Waals surface area contributed by atoms with Gasteiger partial charge in [-0.15, -0.1) is 0 Å². The van der Waals surface area contributed by atoms with E-state index >= 15 is 0 Å². The molecule has 1 aliphatic heterocycles. The summed E-state index contributed by atoms with van der Waals surface area (Å²) in [7, 11) is 0. The maximum absolute atomic E-state index is 11.0. The lowest BCUT2D eigenvalue weighted by atomic mass is 9.98. The third-order valence-electron chi connectivity index (χ3n) is 4.12. The van der Waals surface area contributed by atoms with Crippen LogP contribution in [0.1, 0.15) is 23.3 Å². The monoisotopic (exact) mass is 312 g/mol. The van der Waals surface area contributed by atoms with Crippen molar-refractivity contribution in [1.29, 1.82) is 0 Å². The third kappa shape index (κ3) is 4.00. The van der Waals surface area contributed by atoms with Gasteiger partial charge in [-0.05, 0) is 43.0 Å². The summed E-state index contributed by atoms with van der Waals surface area (Å²) in [6.45, 7) is 2.47. The number of carbonyl (C=O) groups is 1. The van der Waals surface area contributed by atoms with E-state index in [4.69, 9.17) is 9.84 Å². The van der Waals surface area contributed by atoms with E-state index in [0.717, 1.165) is 44.1 Å². The highest BCUT2D eigenvalue weighted by molar-refractivity contribution is 5.85. The van der Waals surface area contributed by atoms with E-state index in [-0.39, 0.29) is 5.69 Å². The number of ether oxygens (including phenoxy) is 1. The first-order valence-electron chi connectivity index (χ1n) is 7.85. The molecule has 23 heavy (non-hydrogen) atoms. The van der Waals surface area contributed by atoms with Crippen molar-refractivity contribution in [2.45, 2.75) is 12.8 Å². The maximum Gasteiger partial charge on any atom is 0.354 e. The van der Waals surface area contributed by atoms with Crippen molar-refractivity contribution in [2.24, 2.45) is 5.92 Å². The van der Waals surface area contributed by atoms with Gasteiger partial charge in [0.1, 0.15) is 11.6 Å². The van der Waals surface area contributed by atoms with Crippen molar-refractivity contribution in [3.63, 3.8) is 0 Å². The molecule has 0 amide bonds. The Morgan fingerprint density at radius 3 is 2.57 bits per heavy atom. The van der Waals surface area contributed by atoms with Gasteiger partial charge in [-0.3, -0.25) is 0 Å². The molecular weight excluding hydrogens is 292 g/mol. The number of aromatic nitrogens is 1. The van der Waals surface area contributed by atoms with Gasteiger partial charge >= 0.3 is 5.97 Å². The molecule has 1 aromatic heterocycles. The van der Waals surface area contributed by atoms with E-state index in [1.54, 1.807) is 6.07 Å². The number of nitrogens with zero attached hydrogens (tertiary/aromatic N) is 2. The number of anilines is 1. The van der Waals surface area contributed by atoms with E-state index in [2.05, 4.69) is 9.88 Å². The molecule has 5 heteroatoms. The molecule has 1 fully saturated rings. The number of piperidine rings is 1. The summed E-state index contributed by atoms with van der Waals surface area (Å²) in [4.78, 5) is 17.4. The number of hydrogen-bond acceptors (Lipinski definition) is 4. The smallest absolute Gasteiger partial charge is 0.354 e. The molecule has 0 bridgehead atoms. The van der Waals surface area contributed by atoms with Crippen molar-refractivity contribution in [2.75, 3.05) is 24.6 Å². The van der Waals surface area contributed by atoms with E-state index in [1.165, 1.54) is 6.07 Å². The summed E-state index contributed by atoms with van der Waals surface area (Å²) in [5, 5.41) is 9.03. The number of aromatic carboxylic acids is 1. The van der Waals surface area contributed by atoms with Gasteiger partial charge in [-0.1, -0.05) is 24.3 Å². The molecule has 2 heterocycles. The number of para-hydroxylation sites is 1. The van der Waals surface area contributed by atoms with Crippen LogP contribution in [0, 0.1) is 5.92 Å². The number of carboxylic acids is 1. The fourth-order valence-corrected chi connectivity index (χ4v) is 2.78.